The van der Waals surface area contributed by atoms with E-state index in [1.54, 1.807) is 13.0 Å². The van der Waals surface area contributed by atoms with Crippen LogP contribution in [-0.4, -0.2) is 4.98 Å². The van der Waals surface area contributed by atoms with Gasteiger partial charge in [-0.15, -0.1) is 0 Å². The van der Waals surface area contributed by atoms with Crippen LogP contribution in [0.4, 0.5) is 8.78 Å². The van der Waals surface area contributed by atoms with E-state index in [4.69, 9.17) is 4.74 Å². The molecular weight excluding hydrogens is 292 g/mol. The van der Waals surface area contributed by atoms with Gasteiger partial charge in [-0.3, -0.25) is 0 Å². The zero-order valence-corrected chi connectivity index (χ0v) is 10.5. The minimum Gasteiger partial charge on any atom is -0.433 e. The minimum absolute atomic E-state index is 0.0428. The van der Waals surface area contributed by atoms with Gasteiger partial charge in [0.05, 0.1) is 0 Å². The summed E-state index contributed by atoms with van der Waals surface area (Å²) in [6, 6.07) is 5.56. The molecule has 0 aliphatic rings. The normalized spacial score (nSPS) is 10.4. The first-order valence-corrected chi connectivity index (χ1v) is 5.60. The fraction of sp³-hybridized carbons (Fsp3) is 0.0833. The molecule has 2 rings (SSSR count). The molecule has 0 N–H and O–H groups in total. The summed E-state index contributed by atoms with van der Waals surface area (Å²) >= 11 is 3.08. The highest BCUT2D eigenvalue weighted by atomic mass is 79.9. The van der Waals surface area contributed by atoms with Gasteiger partial charge in [-0.05, 0) is 46.6 Å². The van der Waals surface area contributed by atoms with Gasteiger partial charge in [0.15, 0.2) is 17.4 Å². The molecule has 88 valence electrons. The highest BCUT2D eigenvalue weighted by molar-refractivity contribution is 9.10. The summed E-state index contributed by atoms with van der Waals surface area (Å²) in [7, 11) is 0. The predicted molar refractivity (Wildman–Crippen MR) is 63.1 cm³/mol. The Morgan fingerprint density at radius 3 is 2.65 bits per heavy atom. The number of aromatic nitrogens is 1. The van der Waals surface area contributed by atoms with Crippen molar-refractivity contribution in [3.05, 3.63) is 52.1 Å². The maximum absolute atomic E-state index is 13.4. The van der Waals surface area contributed by atoms with Gasteiger partial charge in [0, 0.05) is 10.7 Å². The first kappa shape index (κ1) is 12.0. The van der Waals surface area contributed by atoms with E-state index in [2.05, 4.69) is 20.9 Å². The Labute approximate surface area is 105 Å². The molecule has 0 aliphatic carbocycles. The average molecular weight is 300 g/mol. The number of benzene rings is 1. The van der Waals surface area contributed by atoms with Gasteiger partial charge in [-0.2, -0.15) is 0 Å². The highest BCUT2D eigenvalue weighted by Gasteiger charge is 2.10. The van der Waals surface area contributed by atoms with Gasteiger partial charge in [0.2, 0.25) is 0 Å². The van der Waals surface area contributed by atoms with E-state index in [0.29, 0.717) is 4.47 Å². The summed E-state index contributed by atoms with van der Waals surface area (Å²) < 4.78 is 32.4. The van der Waals surface area contributed by atoms with Crippen LogP contribution in [0.25, 0.3) is 0 Å². The molecule has 0 amide bonds. The molecule has 17 heavy (non-hydrogen) atoms. The van der Waals surface area contributed by atoms with Crippen LogP contribution < -0.4 is 4.74 Å². The van der Waals surface area contributed by atoms with Crippen LogP contribution in [0.15, 0.2) is 34.9 Å². The SMILES string of the molecule is Cc1ccc(F)c(Oc2ncc(Br)cc2F)c1. The molecule has 0 unspecified atom stereocenters. The van der Waals surface area contributed by atoms with Crippen molar-refractivity contribution in [3.63, 3.8) is 0 Å². The van der Waals surface area contributed by atoms with Gasteiger partial charge in [-0.1, -0.05) is 6.07 Å². The molecule has 0 aliphatic heterocycles. The van der Waals surface area contributed by atoms with Crippen LogP contribution >= 0.6 is 15.9 Å². The smallest absolute Gasteiger partial charge is 0.256 e. The van der Waals surface area contributed by atoms with Gasteiger partial charge >= 0.3 is 0 Å². The molecule has 0 bridgehead atoms. The van der Waals surface area contributed by atoms with Crippen LogP contribution in [0, 0.1) is 18.6 Å². The van der Waals surface area contributed by atoms with E-state index < -0.39 is 11.6 Å². The van der Waals surface area contributed by atoms with Crippen molar-refractivity contribution in [3.8, 4) is 11.6 Å². The summed E-state index contributed by atoms with van der Waals surface area (Å²) in [4.78, 5) is 3.73. The first-order chi connectivity index (χ1) is 8.06. The Morgan fingerprint density at radius 2 is 1.94 bits per heavy atom. The van der Waals surface area contributed by atoms with Gasteiger partial charge in [-0.25, -0.2) is 13.8 Å². The Kier molecular flexibility index (Phi) is 3.38. The largest absolute Gasteiger partial charge is 0.433 e. The molecule has 0 fully saturated rings. The quantitative estimate of drug-likeness (QED) is 0.828. The number of hydrogen-bond acceptors (Lipinski definition) is 2. The monoisotopic (exact) mass is 299 g/mol. The van der Waals surface area contributed by atoms with Crippen LogP contribution in [0.5, 0.6) is 11.6 Å². The molecule has 1 aromatic heterocycles. The lowest BCUT2D eigenvalue weighted by Crippen LogP contribution is -1.94. The third-order valence-corrected chi connectivity index (χ3v) is 2.50. The summed E-state index contributed by atoms with van der Waals surface area (Å²) in [5.41, 5.74) is 0.818. The molecule has 0 atom stereocenters. The second-order valence-electron chi connectivity index (χ2n) is 3.48. The van der Waals surface area contributed by atoms with E-state index in [9.17, 15) is 8.78 Å². The van der Waals surface area contributed by atoms with Crippen LogP contribution in [0.3, 0.4) is 0 Å². The Hall–Kier alpha value is -1.49. The fourth-order valence-electron chi connectivity index (χ4n) is 1.27. The Morgan fingerprint density at radius 1 is 1.18 bits per heavy atom. The number of ether oxygens (including phenoxy) is 1. The fourth-order valence-corrected chi connectivity index (χ4v) is 1.57. The summed E-state index contributed by atoms with van der Waals surface area (Å²) in [5, 5.41) is 0. The van der Waals surface area contributed by atoms with E-state index in [-0.39, 0.29) is 11.6 Å². The molecular formula is C12H8BrF2NO. The van der Waals surface area contributed by atoms with E-state index >= 15 is 0 Å². The zero-order chi connectivity index (χ0) is 12.4. The Balaban J connectivity index is 2.34. The predicted octanol–water partition coefficient (Wildman–Crippen LogP) is 4.22. The molecule has 1 heterocycles. The molecule has 2 nitrogen and oxygen atoms in total. The third kappa shape index (κ3) is 2.79. The summed E-state index contributed by atoms with van der Waals surface area (Å²) in [6.45, 7) is 1.79. The highest BCUT2D eigenvalue weighted by Crippen LogP contribution is 2.27. The number of aryl methyl sites for hydroxylation is 1. The first-order valence-electron chi connectivity index (χ1n) is 4.81. The summed E-state index contributed by atoms with van der Waals surface area (Å²) in [5.74, 6) is -1.50. The van der Waals surface area contributed by atoms with Crippen LogP contribution in [-0.2, 0) is 0 Å². The summed E-state index contributed by atoms with van der Waals surface area (Å²) in [6.07, 6.45) is 1.38. The molecule has 5 heteroatoms. The standard InChI is InChI=1S/C12H8BrF2NO/c1-7-2-3-9(14)11(4-7)17-12-10(15)5-8(13)6-16-12/h2-6H,1H3. The van der Waals surface area contributed by atoms with Gasteiger partial charge in [0.25, 0.3) is 5.88 Å². The van der Waals surface area contributed by atoms with Crippen molar-refractivity contribution in [1.82, 2.24) is 4.98 Å². The number of hydrogen-bond donors (Lipinski definition) is 0. The average Bonchev–Trinajstić information content (AvgIpc) is 2.27. The minimum atomic E-state index is -0.653. The maximum atomic E-state index is 13.4. The number of rotatable bonds is 2. The van der Waals surface area contributed by atoms with Crippen molar-refractivity contribution in [1.29, 1.82) is 0 Å². The van der Waals surface area contributed by atoms with E-state index in [1.807, 2.05) is 0 Å². The van der Waals surface area contributed by atoms with Crippen molar-refractivity contribution < 1.29 is 13.5 Å². The topological polar surface area (TPSA) is 22.1 Å². The maximum Gasteiger partial charge on any atom is 0.256 e. The molecule has 0 saturated heterocycles. The molecule has 0 saturated carbocycles. The van der Waals surface area contributed by atoms with Crippen LogP contribution in [0.2, 0.25) is 0 Å². The zero-order valence-electron chi connectivity index (χ0n) is 8.88. The van der Waals surface area contributed by atoms with E-state index in [1.165, 1.54) is 24.4 Å². The van der Waals surface area contributed by atoms with Crippen molar-refractivity contribution in [2.75, 3.05) is 0 Å². The second-order valence-corrected chi connectivity index (χ2v) is 4.39. The molecule has 0 radical (unpaired) electrons. The number of halogens is 3. The Bertz CT molecular complexity index is 560. The van der Waals surface area contributed by atoms with Gasteiger partial charge < -0.3 is 4.74 Å². The molecule has 0 spiro atoms. The lowest BCUT2D eigenvalue weighted by molar-refractivity contribution is 0.398. The van der Waals surface area contributed by atoms with Crippen molar-refractivity contribution >= 4 is 15.9 Å². The second kappa shape index (κ2) is 4.79. The van der Waals surface area contributed by atoms with Crippen molar-refractivity contribution in [2.24, 2.45) is 0 Å². The number of nitrogens with zero attached hydrogens (tertiary/aromatic N) is 1. The van der Waals surface area contributed by atoms with Crippen molar-refractivity contribution in [2.45, 2.75) is 6.92 Å². The lowest BCUT2D eigenvalue weighted by atomic mass is 10.2. The number of pyridine rings is 1. The van der Waals surface area contributed by atoms with Crippen LogP contribution in [0.1, 0.15) is 5.56 Å². The molecule has 2 aromatic rings. The third-order valence-electron chi connectivity index (χ3n) is 2.07. The molecule has 1 aromatic carbocycles. The van der Waals surface area contributed by atoms with Gasteiger partial charge in [0.1, 0.15) is 0 Å². The van der Waals surface area contributed by atoms with E-state index in [0.717, 1.165) is 5.56 Å². The lowest BCUT2D eigenvalue weighted by Gasteiger charge is -2.07.